The van der Waals surface area contributed by atoms with Crippen LogP contribution >= 0.6 is 11.6 Å². The number of hydrogen-bond acceptors (Lipinski definition) is 12. The highest BCUT2D eigenvalue weighted by Crippen LogP contribution is 2.65. The second kappa shape index (κ2) is 9.95. The lowest BCUT2D eigenvalue weighted by atomic mass is 9.51. The molecule has 4 aliphatic heterocycles. The topological polar surface area (TPSA) is 153 Å². The van der Waals surface area contributed by atoms with Gasteiger partial charge in [0.2, 0.25) is 0 Å². The standard InChI is InChI=1S/C28H35ClO12/c1-11-18(29)22-28(12(2)25(34)40-22)24(39-16(6)33)21-26(7,17(36-13(3)30)8-9-27(21)10-35-27)23(38-15(5)32)20(19(11)41-28)37-14(4)31/h12,17-24H,1,8-10H2,2-7H3. The van der Waals surface area contributed by atoms with Crippen LogP contribution in [0.15, 0.2) is 12.2 Å². The summed E-state index contributed by atoms with van der Waals surface area (Å²) in [6, 6.07) is 0. The third-order valence-electron chi connectivity index (χ3n) is 9.46. The third-order valence-corrected chi connectivity index (χ3v) is 9.97. The molecular weight excluding hydrogens is 564 g/mol. The Hall–Kier alpha value is -2.70. The summed E-state index contributed by atoms with van der Waals surface area (Å²) in [5, 5.41) is -1.05. The van der Waals surface area contributed by atoms with Crippen LogP contribution in [0.2, 0.25) is 0 Å². The molecule has 12 nitrogen and oxygen atoms in total. The molecule has 0 N–H and O–H groups in total. The monoisotopic (exact) mass is 598 g/mol. The maximum Gasteiger partial charge on any atom is 0.312 e. The van der Waals surface area contributed by atoms with Gasteiger partial charge in [-0.25, -0.2) is 0 Å². The normalized spacial score (nSPS) is 46.2. The molecule has 0 aromatic rings. The third kappa shape index (κ3) is 4.36. The number of ether oxygens (including phenoxy) is 7. The summed E-state index contributed by atoms with van der Waals surface area (Å²) in [4.78, 5) is 63.7. The van der Waals surface area contributed by atoms with Gasteiger partial charge in [0.15, 0.2) is 23.9 Å². The Balaban J connectivity index is 1.86. The fourth-order valence-electron chi connectivity index (χ4n) is 7.78. The van der Waals surface area contributed by atoms with Crippen molar-refractivity contribution < 1.29 is 57.1 Å². The summed E-state index contributed by atoms with van der Waals surface area (Å²) in [6.45, 7) is 12.5. The lowest BCUT2D eigenvalue weighted by Gasteiger charge is -2.62. The lowest BCUT2D eigenvalue weighted by molar-refractivity contribution is -0.308. The predicted molar refractivity (Wildman–Crippen MR) is 137 cm³/mol. The zero-order valence-electron chi connectivity index (χ0n) is 23.8. The van der Waals surface area contributed by atoms with Gasteiger partial charge in [-0.15, -0.1) is 11.6 Å². The van der Waals surface area contributed by atoms with Crippen LogP contribution in [-0.2, 0) is 57.1 Å². The highest BCUT2D eigenvalue weighted by atomic mass is 35.5. The number of fused-ring (bicyclic) bond motifs is 3. The van der Waals surface area contributed by atoms with Crippen LogP contribution in [0.25, 0.3) is 0 Å². The Labute approximate surface area is 242 Å². The molecule has 0 amide bonds. The summed E-state index contributed by atoms with van der Waals surface area (Å²) in [5.74, 6) is -5.25. The number of epoxide rings is 1. The summed E-state index contributed by atoms with van der Waals surface area (Å²) >= 11 is 6.93. The molecule has 1 aliphatic carbocycles. The molecule has 5 fully saturated rings. The Bertz CT molecular complexity index is 1200. The van der Waals surface area contributed by atoms with Gasteiger partial charge in [-0.2, -0.15) is 0 Å². The number of rotatable bonds is 4. The van der Waals surface area contributed by atoms with Gasteiger partial charge in [0, 0.05) is 33.6 Å². The summed E-state index contributed by atoms with van der Waals surface area (Å²) in [6.07, 6.45) is -6.51. The van der Waals surface area contributed by atoms with Crippen molar-refractivity contribution in [3.05, 3.63) is 12.2 Å². The molecule has 12 unspecified atom stereocenters. The Kier molecular flexibility index (Phi) is 7.22. The van der Waals surface area contributed by atoms with Crippen molar-refractivity contribution in [2.45, 2.75) is 108 Å². The molecule has 226 valence electrons. The number of carbonyl (C=O) groups is 5. The molecule has 5 aliphatic rings. The van der Waals surface area contributed by atoms with E-state index < -0.39 is 100 Å². The lowest BCUT2D eigenvalue weighted by Crippen LogP contribution is -2.77. The molecule has 13 heteroatoms. The van der Waals surface area contributed by atoms with Crippen molar-refractivity contribution >= 4 is 41.4 Å². The molecule has 2 spiro atoms. The van der Waals surface area contributed by atoms with E-state index >= 15 is 0 Å². The minimum absolute atomic E-state index is 0.207. The predicted octanol–water partition coefficient (Wildman–Crippen LogP) is 1.77. The van der Waals surface area contributed by atoms with Crippen molar-refractivity contribution in [2.75, 3.05) is 6.61 Å². The first kappa shape index (κ1) is 29.8. The fourth-order valence-corrected chi connectivity index (χ4v) is 8.15. The van der Waals surface area contributed by atoms with Crippen LogP contribution < -0.4 is 0 Å². The first-order valence-electron chi connectivity index (χ1n) is 13.6. The molecule has 0 radical (unpaired) electrons. The molecular formula is C28H35ClO12. The van der Waals surface area contributed by atoms with Crippen molar-refractivity contribution in [3.63, 3.8) is 0 Å². The van der Waals surface area contributed by atoms with Gasteiger partial charge in [0.05, 0.1) is 28.9 Å². The Morgan fingerprint density at radius 2 is 1.51 bits per heavy atom. The summed E-state index contributed by atoms with van der Waals surface area (Å²) < 4.78 is 42.4. The molecule has 2 bridgehead atoms. The van der Waals surface area contributed by atoms with Crippen LogP contribution in [0.1, 0.15) is 54.4 Å². The maximum atomic E-state index is 13.2. The van der Waals surface area contributed by atoms with E-state index in [1.807, 2.05) is 0 Å². The molecule has 12 atom stereocenters. The van der Waals surface area contributed by atoms with Crippen molar-refractivity contribution in [1.29, 1.82) is 0 Å². The van der Waals surface area contributed by atoms with E-state index in [2.05, 4.69) is 6.58 Å². The number of halogens is 1. The van der Waals surface area contributed by atoms with E-state index in [9.17, 15) is 24.0 Å². The minimum Gasteiger partial charge on any atom is -0.462 e. The van der Waals surface area contributed by atoms with Gasteiger partial charge in [0.1, 0.15) is 18.3 Å². The SMILES string of the molecule is C=C1C(Cl)C2OC(=O)C(C)C23OC1C(OC(C)=O)C(OC(C)=O)C1(C)C(OC(C)=O)CCC2(CO2)C1C3OC(C)=O. The van der Waals surface area contributed by atoms with Gasteiger partial charge >= 0.3 is 29.8 Å². The number of hydrogen-bond donors (Lipinski definition) is 0. The second-order valence-electron chi connectivity index (χ2n) is 11.9. The first-order chi connectivity index (χ1) is 19.1. The van der Waals surface area contributed by atoms with Crippen LogP contribution in [-0.4, -0.2) is 89.7 Å². The molecule has 1 saturated carbocycles. The van der Waals surface area contributed by atoms with Crippen LogP contribution in [0.5, 0.6) is 0 Å². The van der Waals surface area contributed by atoms with Crippen LogP contribution in [0.4, 0.5) is 0 Å². The van der Waals surface area contributed by atoms with Gasteiger partial charge < -0.3 is 33.2 Å². The average Bonchev–Trinajstić information content (AvgIpc) is 3.58. The minimum atomic E-state index is -1.69. The maximum absolute atomic E-state index is 13.2. The van der Waals surface area contributed by atoms with E-state index in [4.69, 9.17) is 44.8 Å². The van der Waals surface area contributed by atoms with Gasteiger partial charge in [-0.1, -0.05) is 13.5 Å². The second-order valence-corrected chi connectivity index (χ2v) is 12.4. The van der Waals surface area contributed by atoms with Crippen LogP contribution in [0, 0.1) is 17.3 Å². The number of esters is 5. The van der Waals surface area contributed by atoms with E-state index in [0.29, 0.717) is 12.8 Å². The molecule has 41 heavy (non-hydrogen) atoms. The van der Waals surface area contributed by atoms with Gasteiger partial charge in [0.25, 0.3) is 0 Å². The van der Waals surface area contributed by atoms with E-state index in [0.717, 1.165) is 0 Å². The van der Waals surface area contributed by atoms with Gasteiger partial charge in [-0.3, -0.25) is 24.0 Å². The van der Waals surface area contributed by atoms with E-state index in [1.165, 1.54) is 27.7 Å². The molecule has 5 rings (SSSR count). The largest absolute Gasteiger partial charge is 0.462 e. The van der Waals surface area contributed by atoms with Crippen molar-refractivity contribution in [1.82, 2.24) is 0 Å². The quantitative estimate of drug-likeness (QED) is 0.152. The highest BCUT2D eigenvalue weighted by Gasteiger charge is 2.80. The van der Waals surface area contributed by atoms with Crippen molar-refractivity contribution in [3.8, 4) is 0 Å². The Morgan fingerprint density at radius 1 is 0.951 bits per heavy atom. The first-order valence-corrected chi connectivity index (χ1v) is 14.1. The zero-order chi connectivity index (χ0) is 30.2. The number of carbonyl (C=O) groups excluding carboxylic acids is 5. The summed E-state index contributed by atoms with van der Waals surface area (Å²) in [7, 11) is 0. The molecule has 4 heterocycles. The fraction of sp³-hybridized carbons (Fsp3) is 0.750. The average molecular weight is 599 g/mol. The van der Waals surface area contributed by atoms with E-state index in [-0.39, 0.29) is 12.2 Å². The molecule has 0 aromatic carbocycles. The van der Waals surface area contributed by atoms with Crippen LogP contribution in [0.3, 0.4) is 0 Å². The smallest absolute Gasteiger partial charge is 0.312 e. The number of alkyl halides is 1. The Morgan fingerprint density at radius 3 is 2.05 bits per heavy atom. The zero-order valence-corrected chi connectivity index (χ0v) is 24.6. The van der Waals surface area contributed by atoms with Crippen molar-refractivity contribution in [2.24, 2.45) is 17.3 Å². The summed E-state index contributed by atoms with van der Waals surface area (Å²) in [5.41, 5.74) is -3.83. The van der Waals surface area contributed by atoms with Gasteiger partial charge in [-0.05, 0) is 25.3 Å². The highest BCUT2D eigenvalue weighted by molar-refractivity contribution is 6.23. The van der Waals surface area contributed by atoms with E-state index in [1.54, 1.807) is 13.8 Å². The molecule has 4 saturated heterocycles. The molecule has 0 aromatic heterocycles.